The zero-order chi connectivity index (χ0) is 20.9. The lowest BCUT2D eigenvalue weighted by Crippen LogP contribution is -2.12. The summed E-state index contributed by atoms with van der Waals surface area (Å²) in [4.78, 5) is 16.4. The van der Waals surface area contributed by atoms with E-state index in [0.29, 0.717) is 23.1 Å². The number of halogens is 2. The Hall–Kier alpha value is -3.65. The predicted molar refractivity (Wildman–Crippen MR) is 108 cm³/mol. The van der Waals surface area contributed by atoms with E-state index < -0.39 is 5.91 Å². The first-order valence-electron chi connectivity index (χ1n) is 8.97. The molecule has 30 heavy (non-hydrogen) atoms. The van der Waals surface area contributed by atoms with Gasteiger partial charge in [-0.15, -0.1) is 5.10 Å². The summed E-state index contributed by atoms with van der Waals surface area (Å²) in [6.07, 6.45) is 1.45. The molecule has 9 heteroatoms. The van der Waals surface area contributed by atoms with Crippen molar-refractivity contribution in [3.63, 3.8) is 0 Å². The standard InChI is InChI=1S/C21H16ClFN4O3/c22-15-4-2-6-17(10-15)29-12-18-7-8-19(30-18)20(28)25-21-24-13-27(26-21)11-14-3-1-5-16(23)9-14/h1-10,13H,11-12H2,(H,25,26,28). The van der Waals surface area contributed by atoms with Crippen molar-refractivity contribution < 1.29 is 18.3 Å². The van der Waals surface area contributed by atoms with Crippen molar-refractivity contribution in [1.29, 1.82) is 0 Å². The second-order valence-electron chi connectivity index (χ2n) is 6.36. The van der Waals surface area contributed by atoms with Gasteiger partial charge in [0.1, 0.15) is 30.3 Å². The molecule has 7 nitrogen and oxygen atoms in total. The van der Waals surface area contributed by atoms with Crippen molar-refractivity contribution >= 4 is 23.5 Å². The second kappa shape index (κ2) is 8.79. The third kappa shape index (κ3) is 5.03. The minimum Gasteiger partial charge on any atom is -0.486 e. The van der Waals surface area contributed by atoms with Crippen LogP contribution in [0.4, 0.5) is 10.3 Å². The van der Waals surface area contributed by atoms with Crippen molar-refractivity contribution in [2.24, 2.45) is 0 Å². The van der Waals surface area contributed by atoms with E-state index in [1.165, 1.54) is 29.2 Å². The van der Waals surface area contributed by atoms with Crippen molar-refractivity contribution in [3.8, 4) is 5.75 Å². The van der Waals surface area contributed by atoms with Crippen LogP contribution < -0.4 is 10.1 Å². The molecule has 4 rings (SSSR count). The number of carbonyl (C=O) groups is 1. The summed E-state index contributed by atoms with van der Waals surface area (Å²) in [6, 6.07) is 16.3. The molecular formula is C21H16ClFN4O3. The summed E-state index contributed by atoms with van der Waals surface area (Å²) in [6.45, 7) is 0.473. The molecule has 1 amide bonds. The third-order valence-corrected chi connectivity index (χ3v) is 4.29. The summed E-state index contributed by atoms with van der Waals surface area (Å²) in [7, 11) is 0. The van der Waals surface area contributed by atoms with Gasteiger partial charge in [0, 0.05) is 5.02 Å². The van der Waals surface area contributed by atoms with E-state index in [0.717, 1.165) is 5.56 Å². The summed E-state index contributed by atoms with van der Waals surface area (Å²) in [5, 5.41) is 7.29. The number of carbonyl (C=O) groups excluding carboxylic acids is 1. The molecular weight excluding hydrogens is 411 g/mol. The zero-order valence-electron chi connectivity index (χ0n) is 15.6. The summed E-state index contributed by atoms with van der Waals surface area (Å²) >= 11 is 5.92. The largest absolute Gasteiger partial charge is 0.486 e. The van der Waals surface area contributed by atoms with Crippen molar-refractivity contribution in [3.05, 3.63) is 94.9 Å². The molecule has 152 valence electrons. The molecule has 2 heterocycles. The molecule has 2 aromatic heterocycles. The highest BCUT2D eigenvalue weighted by Crippen LogP contribution is 2.19. The number of anilines is 1. The number of benzene rings is 2. The molecule has 0 aliphatic rings. The van der Waals surface area contributed by atoms with Crippen LogP contribution in [0.2, 0.25) is 5.02 Å². The fourth-order valence-corrected chi connectivity index (χ4v) is 2.88. The van der Waals surface area contributed by atoms with Crippen LogP contribution in [0, 0.1) is 5.82 Å². The summed E-state index contributed by atoms with van der Waals surface area (Å²) in [5.41, 5.74) is 0.730. The van der Waals surface area contributed by atoms with Crippen molar-refractivity contribution in [2.45, 2.75) is 13.2 Å². The van der Waals surface area contributed by atoms with Gasteiger partial charge in [-0.2, -0.15) is 0 Å². The molecule has 0 bridgehead atoms. The van der Waals surface area contributed by atoms with E-state index in [1.807, 2.05) is 0 Å². The molecule has 0 aliphatic carbocycles. The van der Waals surface area contributed by atoms with Gasteiger partial charge in [-0.25, -0.2) is 14.1 Å². The number of nitrogens with zero attached hydrogens (tertiary/aromatic N) is 3. The first-order valence-corrected chi connectivity index (χ1v) is 9.35. The fraction of sp³-hybridized carbons (Fsp3) is 0.0952. The van der Waals surface area contributed by atoms with Crippen LogP contribution in [0.5, 0.6) is 5.75 Å². The monoisotopic (exact) mass is 426 g/mol. The van der Waals surface area contributed by atoms with Crippen LogP contribution in [-0.4, -0.2) is 20.7 Å². The predicted octanol–water partition coefficient (Wildman–Crippen LogP) is 4.54. The minimum atomic E-state index is -0.493. The van der Waals surface area contributed by atoms with E-state index in [2.05, 4.69) is 15.4 Å². The highest BCUT2D eigenvalue weighted by Gasteiger charge is 2.14. The van der Waals surface area contributed by atoms with E-state index >= 15 is 0 Å². The lowest BCUT2D eigenvalue weighted by molar-refractivity contribution is 0.0991. The van der Waals surface area contributed by atoms with Crippen LogP contribution in [-0.2, 0) is 13.2 Å². The van der Waals surface area contributed by atoms with Crippen LogP contribution in [0.25, 0.3) is 0 Å². The van der Waals surface area contributed by atoms with Crippen LogP contribution in [0.3, 0.4) is 0 Å². The van der Waals surface area contributed by atoms with Gasteiger partial charge in [-0.05, 0) is 48.0 Å². The average molecular weight is 427 g/mol. The van der Waals surface area contributed by atoms with Gasteiger partial charge in [0.25, 0.3) is 5.91 Å². The fourth-order valence-electron chi connectivity index (χ4n) is 2.70. The molecule has 0 fully saturated rings. The third-order valence-electron chi connectivity index (χ3n) is 4.06. The number of aromatic nitrogens is 3. The Morgan fingerprint density at radius 3 is 2.87 bits per heavy atom. The number of furan rings is 1. The van der Waals surface area contributed by atoms with Gasteiger partial charge >= 0.3 is 0 Å². The first kappa shape index (κ1) is 19.7. The second-order valence-corrected chi connectivity index (χ2v) is 6.80. The average Bonchev–Trinajstić information content (AvgIpc) is 3.36. The Kier molecular flexibility index (Phi) is 5.76. The molecule has 0 radical (unpaired) electrons. The van der Waals surface area contributed by atoms with Crippen LogP contribution in [0.1, 0.15) is 21.9 Å². The molecule has 2 aromatic carbocycles. The highest BCUT2D eigenvalue weighted by atomic mass is 35.5. The number of amides is 1. The van der Waals surface area contributed by atoms with E-state index in [1.54, 1.807) is 42.5 Å². The van der Waals surface area contributed by atoms with E-state index in [9.17, 15) is 9.18 Å². The maximum Gasteiger partial charge on any atom is 0.293 e. The molecule has 0 unspecified atom stereocenters. The number of nitrogens with one attached hydrogen (secondary N) is 1. The lowest BCUT2D eigenvalue weighted by Gasteiger charge is -2.04. The van der Waals surface area contributed by atoms with Crippen LogP contribution >= 0.6 is 11.6 Å². The Balaban J connectivity index is 1.34. The molecule has 1 N–H and O–H groups in total. The normalized spacial score (nSPS) is 10.7. The van der Waals surface area contributed by atoms with Gasteiger partial charge in [0.2, 0.25) is 5.95 Å². The molecule has 0 aliphatic heterocycles. The smallest absolute Gasteiger partial charge is 0.293 e. The van der Waals surface area contributed by atoms with Crippen LogP contribution in [0.15, 0.2) is 71.4 Å². The SMILES string of the molecule is O=C(Nc1ncn(Cc2cccc(F)c2)n1)c1ccc(COc2cccc(Cl)c2)o1. The lowest BCUT2D eigenvalue weighted by atomic mass is 10.2. The maximum atomic E-state index is 13.3. The molecule has 0 spiro atoms. The zero-order valence-corrected chi connectivity index (χ0v) is 16.3. The van der Waals surface area contributed by atoms with Crippen molar-refractivity contribution in [2.75, 3.05) is 5.32 Å². The quantitative estimate of drug-likeness (QED) is 0.469. The van der Waals surface area contributed by atoms with E-state index in [4.69, 9.17) is 20.8 Å². The summed E-state index contributed by atoms with van der Waals surface area (Å²) < 4.78 is 25.9. The number of hydrogen-bond donors (Lipinski definition) is 1. The summed E-state index contributed by atoms with van der Waals surface area (Å²) in [5.74, 6) is 0.468. The molecule has 0 saturated heterocycles. The van der Waals surface area contributed by atoms with Crippen molar-refractivity contribution in [1.82, 2.24) is 14.8 Å². The van der Waals surface area contributed by atoms with E-state index in [-0.39, 0.29) is 24.1 Å². The van der Waals surface area contributed by atoms with Gasteiger partial charge in [-0.1, -0.05) is 29.8 Å². The topological polar surface area (TPSA) is 82.2 Å². The Morgan fingerprint density at radius 2 is 2.03 bits per heavy atom. The van der Waals surface area contributed by atoms with Gasteiger partial charge in [-0.3, -0.25) is 10.1 Å². The van der Waals surface area contributed by atoms with Gasteiger partial charge in [0.05, 0.1) is 6.54 Å². The highest BCUT2D eigenvalue weighted by molar-refractivity contribution is 6.30. The Morgan fingerprint density at radius 1 is 1.17 bits per heavy atom. The number of rotatable bonds is 7. The van der Waals surface area contributed by atoms with Gasteiger partial charge < -0.3 is 9.15 Å². The molecule has 0 atom stereocenters. The maximum absolute atomic E-state index is 13.3. The number of hydrogen-bond acceptors (Lipinski definition) is 5. The number of ether oxygens (including phenoxy) is 1. The van der Waals surface area contributed by atoms with Gasteiger partial charge in [0.15, 0.2) is 5.76 Å². The molecule has 4 aromatic rings. The minimum absolute atomic E-state index is 0.0983. The molecule has 0 saturated carbocycles. The first-order chi connectivity index (χ1) is 14.5. The Labute approximate surface area is 176 Å². The Bertz CT molecular complexity index is 1170.